The fourth-order valence-electron chi connectivity index (χ4n) is 2.13. The molecule has 4 heteroatoms. The second-order valence-corrected chi connectivity index (χ2v) is 5.23. The molecule has 4 nitrogen and oxygen atoms in total. The van der Waals surface area contributed by atoms with E-state index in [1.807, 2.05) is 0 Å². The zero-order valence-electron chi connectivity index (χ0n) is 12.2. The first-order chi connectivity index (χ1) is 8.91. The molecule has 1 aromatic rings. The molecule has 0 heterocycles. The molecule has 1 rings (SSSR count). The van der Waals surface area contributed by atoms with Gasteiger partial charge in [-0.15, -0.1) is 0 Å². The topological polar surface area (TPSA) is 52.6 Å². The molecular formula is C15H24N2O2. The first kappa shape index (κ1) is 15.5. The Labute approximate surface area is 115 Å². The van der Waals surface area contributed by atoms with E-state index in [1.54, 1.807) is 12.1 Å². The van der Waals surface area contributed by atoms with Crippen LogP contribution in [0.5, 0.6) is 5.75 Å². The van der Waals surface area contributed by atoms with Gasteiger partial charge in [-0.25, -0.2) is 0 Å². The molecule has 0 aliphatic carbocycles. The zero-order valence-corrected chi connectivity index (χ0v) is 12.2. The summed E-state index contributed by atoms with van der Waals surface area (Å²) in [7, 11) is 0. The van der Waals surface area contributed by atoms with Gasteiger partial charge >= 0.3 is 0 Å². The second kappa shape index (κ2) is 7.14. The number of benzene rings is 1. The van der Waals surface area contributed by atoms with Gasteiger partial charge in [-0.3, -0.25) is 9.69 Å². The van der Waals surface area contributed by atoms with Gasteiger partial charge in [0, 0.05) is 30.7 Å². The van der Waals surface area contributed by atoms with E-state index in [4.69, 9.17) is 0 Å². The Morgan fingerprint density at radius 2 is 1.68 bits per heavy atom. The van der Waals surface area contributed by atoms with Crippen LogP contribution in [0, 0.1) is 0 Å². The highest BCUT2D eigenvalue weighted by Gasteiger charge is 2.13. The van der Waals surface area contributed by atoms with Crippen LogP contribution in [0.25, 0.3) is 0 Å². The third-order valence-electron chi connectivity index (χ3n) is 3.11. The van der Waals surface area contributed by atoms with Gasteiger partial charge in [0.25, 0.3) is 5.91 Å². The lowest BCUT2D eigenvalue weighted by molar-refractivity contribution is 0.0939. The predicted molar refractivity (Wildman–Crippen MR) is 77.4 cm³/mol. The highest BCUT2D eigenvalue weighted by molar-refractivity contribution is 5.94. The number of hydrogen-bond donors (Lipinski definition) is 2. The number of nitrogens with zero attached hydrogens (tertiary/aromatic N) is 1. The van der Waals surface area contributed by atoms with Gasteiger partial charge in [-0.05, 0) is 52.0 Å². The van der Waals surface area contributed by atoms with Gasteiger partial charge < -0.3 is 10.4 Å². The lowest BCUT2D eigenvalue weighted by Crippen LogP contribution is -2.42. The summed E-state index contributed by atoms with van der Waals surface area (Å²) in [6.45, 7) is 10.1. The van der Waals surface area contributed by atoms with Gasteiger partial charge in [-0.2, -0.15) is 0 Å². The van der Waals surface area contributed by atoms with E-state index in [0.29, 0.717) is 24.2 Å². The number of hydrogen-bond acceptors (Lipinski definition) is 3. The predicted octanol–water partition coefficient (Wildman–Crippen LogP) is 2.24. The summed E-state index contributed by atoms with van der Waals surface area (Å²) in [4.78, 5) is 14.2. The van der Waals surface area contributed by atoms with E-state index < -0.39 is 0 Å². The van der Waals surface area contributed by atoms with Gasteiger partial charge in [0.2, 0.25) is 0 Å². The summed E-state index contributed by atoms with van der Waals surface area (Å²) >= 11 is 0. The molecule has 0 atom stereocenters. The van der Waals surface area contributed by atoms with E-state index in [-0.39, 0.29) is 11.7 Å². The number of aromatic hydroxyl groups is 1. The first-order valence-electron chi connectivity index (χ1n) is 6.74. The number of rotatable bonds is 6. The molecule has 0 fully saturated rings. The van der Waals surface area contributed by atoms with Gasteiger partial charge in [0.1, 0.15) is 5.75 Å². The quantitative estimate of drug-likeness (QED) is 0.828. The van der Waals surface area contributed by atoms with Crippen molar-refractivity contribution in [3.05, 3.63) is 29.8 Å². The molecule has 0 aromatic heterocycles. The van der Waals surface area contributed by atoms with Crippen LogP contribution in [0.15, 0.2) is 24.3 Å². The summed E-state index contributed by atoms with van der Waals surface area (Å²) in [5, 5.41) is 12.1. The number of carbonyl (C=O) groups excluding carboxylic acids is 1. The molecule has 0 spiro atoms. The standard InChI is InChI=1S/C15H24N2O2/c1-11(2)17(12(3)4)10-9-16-15(19)13-5-7-14(18)8-6-13/h5-8,11-12,18H,9-10H2,1-4H3,(H,16,19). The first-order valence-corrected chi connectivity index (χ1v) is 6.74. The van der Waals surface area contributed by atoms with Crippen LogP contribution >= 0.6 is 0 Å². The van der Waals surface area contributed by atoms with Gasteiger partial charge in [-0.1, -0.05) is 0 Å². The molecule has 0 aliphatic rings. The normalized spacial score (nSPS) is 11.3. The van der Waals surface area contributed by atoms with Crippen molar-refractivity contribution in [2.75, 3.05) is 13.1 Å². The average Bonchev–Trinajstić information content (AvgIpc) is 2.34. The smallest absolute Gasteiger partial charge is 0.251 e. The number of phenolic OH excluding ortho intramolecular Hbond substituents is 1. The van der Waals surface area contributed by atoms with Gasteiger partial charge in [0.05, 0.1) is 0 Å². The van der Waals surface area contributed by atoms with Crippen molar-refractivity contribution in [2.45, 2.75) is 39.8 Å². The highest BCUT2D eigenvalue weighted by atomic mass is 16.3. The number of phenols is 1. The van der Waals surface area contributed by atoms with E-state index in [2.05, 4.69) is 37.9 Å². The van der Waals surface area contributed by atoms with E-state index in [1.165, 1.54) is 12.1 Å². The minimum Gasteiger partial charge on any atom is -0.508 e. The zero-order chi connectivity index (χ0) is 14.4. The number of amides is 1. The third-order valence-corrected chi connectivity index (χ3v) is 3.11. The molecule has 1 aromatic carbocycles. The second-order valence-electron chi connectivity index (χ2n) is 5.23. The highest BCUT2D eigenvalue weighted by Crippen LogP contribution is 2.09. The maximum atomic E-state index is 11.9. The van der Waals surface area contributed by atoms with Crippen molar-refractivity contribution >= 4 is 5.91 Å². The third kappa shape index (κ3) is 4.91. The van der Waals surface area contributed by atoms with Crippen molar-refractivity contribution in [3.8, 4) is 5.75 Å². The molecule has 1 amide bonds. The Hall–Kier alpha value is -1.55. The molecular weight excluding hydrogens is 240 g/mol. The largest absolute Gasteiger partial charge is 0.508 e. The van der Waals surface area contributed by atoms with E-state index >= 15 is 0 Å². The molecule has 2 N–H and O–H groups in total. The van der Waals surface area contributed by atoms with Crippen LogP contribution in [0.3, 0.4) is 0 Å². The molecule has 0 bridgehead atoms. The molecule has 0 saturated carbocycles. The number of nitrogens with one attached hydrogen (secondary N) is 1. The Bertz CT molecular complexity index is 391. The minimum atomic E-state index is -0.104. The summed E-state index contributed by atoms with van der Waals surface area (Å²) in [6.07, 6.45) is 0. The summed E-state index contributed by atoms with van der Waals surface area (Å²) < 4.78 is 0. The Kier molecular flexibility index (Phi) is 5.83. The van der Waals surface area contributed by atoms with E-state index in [9.17, 15) is 9.90 Å². The summed E-state index contributed by atoms with van der Waals surface area (Å²) in [5.41, 5.74) is 0.568. The van der Waals surface area contributed by atoms with Crippen molar-refractivity contribution in [1.82, 2.24) is 10.2 Å². The molecule has 0 unspecified atom stereocenters. The maximum Gasteiger partial charge on any atom is 0.251 e. The van der Waals surface area contributed by atoms with Gasteiger partial charge in [0.15, 0.2) is 0 Å². The van der Waals surface area contributed by atoms with Crippen LogP contribution < -0.4 is 5.32 Å². The molecule has 19 heavy (non-hydrogen) atoms. The fourth-order valence-corrected chi connectivity index (χ4v) is 2.13. The van der Waals surface area contributed by atoms with Crippen LogP contribution in [-0.2, 0) is 0 Å². The number of carbonyl (C=O) groups is 1. The van der Waals surface area contributed by atoms with Crippen LogP contribution in [0.2, 0.25) is 0 Å². The Morgan fingerprint density at radius 1 is 1.16 bits per heavy atom. The van der Waals surface area contributed by atoms with Crippen molar-refractivity contribution in [1.29, 1.82) is 0 Å². The molecule has 0 saturated heterocycles. The summed E-state index contributed by atoms with van der Waals surface area (Å²) in [5.74, 6) is 0.0646. The van der Waals surface area contributed by atoms with Crippen molar-refractivity contribution in [2.24, 2.45) is 0 Å². The average molecular weight is 264 g/mol. The van der Waals surface area contributed by atoms with Crippen molar-refractivity contribution < 1.29 is 9.90 Å². The fraction of sp³-hybridized carbons (Fsp3) is 0.533. The minimum absolute atomic E-state index is 0.104. The van der Waals surface area contributed by atoms with Crippen LogP contribution in [0.1, 0.15) is 38.1 Å². The Balaban J connectivity index is 2.44. The molecule has 106 valence electrons. The summed E-state index contributed by atoms with van der Waals surface area (Å²) in [6, 6.07) is 7.20. The van der Waals surface area contributed by atoms with Crippen molar-refractivity contribution in [3.63, 3.8) is 0 Å². The molecule has 0 aliphatic heterocycles. The maximum absolute atomic E-state index is 11.9. The van der Waals surface area contributed by atoms with Crippen LogP contribution in [0.4, 0.5) is 0 Å². The SMILES string of the molecule is CC(C)N(CCNC(=O)c1ccc(O)cc1)C(C)C. The molecule has 0 radical (unpaired) electrons. The lowest BCUT2D eigenvalue weighted by atomic mass is 10.2. The van der Waals surface area contributed by atoms with Crippen LogP contribution in [-0.4, -0.2) is 41.1 Å². The lowest BCUT2D eigenvalue weighted by Gasteiger charge is -2.30. The van der Waals surface area contributed by atoms with E-state index in [0.717, 1.165) is 6.54 Å². The Morgan fingerprint density at radius 3 is 2.16 bits per heavy atom. The monoisotopic (exact) mass is 264 g/mol.